The molecule has 1 aliphatic heterocycles. The van der Waals surface area contributed by atoms with E-state index in [0.29, 0.717) is 6.61 Å². The van der Waals surface area contributed by atoms with E-state index >= 15 is 0 Å². The van der Waals surface area contributed by atoms with Gasteiger partial charge in [0.1, 0.15) is 6.61 Å². The van der Waals surface area contributed by atoms with Crippen molar-refractivity contribution in [2.75, 3.05) is 6.61 Å². The van der Waals surface area contributed by atoms with Gasteiger partial charge in [0.15, 0.2) is 5.78 Å². The SMILES string of the molecule is CC1C[C@H](C)OCC1=O. The molecule has 0 aromatic carbocycles. The quantitative estimate of drug-likeness (QED) is 0.486. The summed E-state index contributed by atoms with van der Waals surface area (Å²) in [5.74, 6) is 0.460. The number of rotatable bonds is 0. The van der Waals surface area contributed by atoms with Crippen molar-refractivity contribution in [2.45, 2.75) is 26.4 Å². The van der Waals surface area contributed by atoms with Gasteiger partial charge in [-0.1, -0.05) is 6.92 Å². The zero-order valence-corrected chi connectivity index (χ0v) is 5.89. The maximum atomic E-state index is 10.8. The van der Waals surface area contributed by atoms with Gasteiger partial charge in [-0.05, 0) is 13.3 Å². The lowest BCUT2D eigenvalue weighted by Crippen LogP contribution is -2.30. The van der Waals surface area contributed by atoms with Crippen molar-refractivity contribution >= 4 is 5.78 Å². The molecular formula is C7H12O2. The summed E-state index contributed by atoms with van der Waals surface area (Å²) >= 11 is 0. The lowest BCUT2D eigenvalue weighted by Gasteiger charge is -2.22. The number of Topliss-reactive ketones (excluding diaryl/α,β-unsaturated/α-hetero) is 1. The van der Waals surface area contributed by atoms with Crippen molar-refractivity contribution in [3.63, 3.8) is 0 Å². The molecule has 1 heterocycles. The van der Waals surface area contributed by atoms with Gasteiger partial charge in [-0.3, -0.25) is 4.79 Å². The first-order valence-corrected chi connectivity index (χ1v) is 3.34. The Morgan fingerprint density at radius 3 is 2.67 bits per heavy atom. The summed E-state index contributed by atoms with van der Waals surface area (Å²) in [4.78, 5) is 10.8. The van der Waals surface area contributed by atoms with E-state index in [1.165, 1.54) is 0 Å². The summed E-state index contributed by atoms with van der Waals surface area (Å²) in [6.07, 6.45) is 1.16. The second kappa shape index (κ2) is 2.48. The van der Waals surface area contributed by atoms with Gasteiger partial charge in [-0.15, -0.1) is 0 Å². The topological polar surface area (TPSA) is 26.3 Å². The number of hydrogen-bond acceptors (Lipinski definition) is 2. The average molecular weight is 128 g/mol. The first-order valence-electron chi connectivity index (χ1n) is 3.34. The molecule has 0 N–H and O–H groups in total. The van der Waals surface area contributed by atoms with Crippen molar-refractivity contribution < 1.29 is 9.53 Å². The lowest BCUT2D eigenvalue weighted by molar-refractivity contribution is -0.135. The molecule has 1 aliphatic rings. The van der Waals surface area contributed by atoms with E-state index in [-0.39, 0.29) is 17.8 Å². The highest BCUT2D eigenvalue weighted by Gasteiger charge is 2.22. The number of ether oxygens (including phenoxy) is 1. The molecule has 0 saturated carbocycles. The van der Waals surface area contributed by atoms with E-state index in [1.807, 2.05) is 13.8 Å². The summed E-state index contributed by atoms with van der Waals surface area (Å²) in [5.41, 5.74) is 0. The van der Waals surface area contributed by atoms with Crippen LogP contribution in [0.1, 0.15) is 20.3 Å². The molecule has 2 atom stereocenters. The number of ketones is 1. The Hall–Kier alpha value is -0.370. The Morgan fingerprint density at radius 2 is 2.22 bits per heavy atom. The average Bonchev–Trinajstić information content (AvgIpc) is 1.80. The van der Waals surface area contributed by atoms with Gasteiger partial charge in [0.2, 0.25) is 0 Å². The van der Waals surface area contributed by atoms with Crippen LogP contribution in [0, 0.1) is 5.92 Å². The van der Waals surface area contributed by atoms with Gasteiger partial charge in [0.25, 0.3) is 0 Å². The predicted molar refractivity (Wildman–Crippen MR) is 34.2 cm³/mol. The van der Waals surface area contributed by atoms with Crippen LogP contribution in [0.25, 0.3) is 0 Å². The van der Waals surface area contributed by atoms with Gasteiger partial charge in [-0.2, -0.15) is 0 Å². The fraction of sp³-hybridized carbons (Fsp3) is 0.857. The zero-order chi connectivity index (χ0) is 6.85. The highest BCUT2D eigenvalue weighted by Crippen LogP contribution is 2.15. The Balaban J connectivity index is 2.44. The number of carbonyl (C=O) groups is 1. The molecule has 2 nitrogen and oxygen atoms in total. The van der Waals surface area contributed by atoms with Crippen molar-refractivity contribution in [1.29, 1.82) is 0 Å². The third kappa shape index (κ3) is 1.52. The van der Waals surface area contributed by atoms with Gasteiger partial charge >= 0.3 is 0 Å². The molecule has 52 valence electrons. The predicted octanol–water partition coefficient (Wildman–Crippen LogP) is 1.00. The minimum absolute atomic E-state index is 0.216. The highest BCUT2D eigenvalue weighted by molar-refractivity contribution is 5.82. The standard InChI is InChI=1S/C7H12O2/c1-5-3-6(2)9-4-7(5)8/h5-6H,3-4H2,1-2H3/t5?,6-/m0/s1. The molecule has 1 saturated heterocycles. The lowest BCUT2D eigenvalue weighted by atomic mass is 9.97. The first kappa shape index (κ1) is 6.75. The monoisotopic (exact) mass is 128 g/mol. The third-order valence-electron chi connectivity index (χ3n) is 1.75. The molecule has 0 bridgehead atoms. The van der Waals surface area contributed by atoms with Crippen LogP contribution in [-0.2, 0) is 9.53 Å². The van der Waals surface area contributed by atoms with Gasteiger partial charge in [-0.25, -0.2) is 0 Å². The molecule has 1 rings (SSSR count). The molecule has 0 aromatic rings. The Labute approximate surface area is 55.2 Å². The van der Waals surface area contributed by atoms with Crippen LogP contribution in [0.3, 0.4) is 0 Å². The molecule has 0 aromatic heterocycles. The van der Waals surface area contributed by atoms with Crippen molar-refractivity contribution in [2.24, 2.45) is 5.92 Å². The van der Waals surface area contributed by atoms with Crippen LogP contribution >= 0.6 is 0 Å². The molecule has 0 aliphatic carbocycles. The summed E-state index contributed by atoms with van der Waals surface area (Å²) < 4.78 is 5.11. The molecule has 2 heteroatoms. The fourth-order valence-corrected chi connectivity index (χ4v) is 1.06. The van der Waals surface area contributed by atoms with Crippen LogP contribution < -0.4 is 0 Å². The molecule has 0 radical (unpaired) electrons. The summed E-state index contributed by atoms with van der Waals surface area (Å²) in [6, 6.07) is 0. The van der Waals surface area contributed by atoms with Crippen LogP contribution in [0.2, 0.25) is 0 Å². The fourth-order valence-electron chi connectivity index (χ4n) is 1.06. The largest absolute Gasteiger partial charge is 0.371 e. The Bertz CT molecular complexity index is 120. The maximum Gasteiger partial charge on any atom is 0.161 e. The molecule has 9 heavy (non-hydrogen) atoms. The van der Waals surface area contributed by atoms with Crippen LogP contribution in [0.5, 0.6) is 0 Å². The smallest absolute Gasteiger partial charge is 0.161 e. The first-order chi connectivity index (χ1) is 4.20. The van der Waals surface area contributed by atoms with Gasteiger partial charge in [0, 0.05) is 5.92 Å². The van der Waals surface area contributed by atoms with E-state index < -0.39 is 0 Å². The van der Waals surface area contributed by atoms with E-state index in [0.717, 1.165) is 6.42 Å². The van der Waals surface area contributed by atoms with Crippen molar-refractivity contribution in [3.8, 4) is 0 Å². The maximum absolute atomic E-state index is 10.8. The van der Waals surface area contributed by atoms with Crippen molar-refractivity contribution in [1.82, 2.24) is 0 Å². The Kier molecular flexibility index (Phi) is 1.86. The van der Waals surface area contributed by atoms with E-state index in [1.54, 1.807) is 0 Å². The summed E-state index contributed by atoms with van der Waals surface area (Å²) in [6.45, 7) is 4.28. The second-order valence-corrected chi connectivity index (χ2v) is 2.72. The number of hydrogen-bond donors (Lipinski definition) is 0. The molecule has 1 unspecified atom stereocenters. The summed E-state index contributed by atoms with van der Waals surface area (Å²) in [5, 5.41) is 0. The van der Waals surface area contributed by atoms with E-state index in [4.69, 9.17) is 4.74 Å². The Morgan fingerprint density at radius 1 is 1.56 bits per heavy atom. The minimum atomic E-state index is 0.216. The minimum Gasteiger partial charge on any atom is -0.371 e. The van der Waals surface area contributed by atoms with Crippen LogP contribution in [0.15, 0.2) is 0 Å². The summed E-state index contributed by atoms with van der Waals surface area (Å²) in [7, 11) is 0. The highest BCUT2D eigenvalue weighted by atomic mass is 16.5. The third-order valence-corrected chi connectivity index (χ3v) is 1.75. The molecule has 0 spiro atoms. The van der Waals surface area contributed by atoms with Crippen LogP contribution in [0.4, 0.5) is 0 Å². The molecular weight excluding hydrogens is 116 g/mol. The van der Waals surface area contributed by atoms with Crippen LogP contribution in [-0.4, -0.2) is 18.5 Å². The van der Waals surface area contributed by atoms with E-state index in [9.17, 15) is 4.79 Å². The van der Waals surface area contributed by atoms with Crippen molar-refractivity contribution in [3.05, 3.63) is 0 Å². The zero-order valence-electron chi connectivity index (χ0n) is 5.89. The van der Waals surface area contributed by atoms with E-state index in [2.05, 4.69) is 0 Å². The second-order valence-electron chi connectivity index (χ2n) is 2.72. The van der Waals surface area contributed by atoms with Gasteiger partial charge in [0.05, 0.1) is 6.10 Å². The number of carbonyl (C=O) groups excluding carboxylic acids is 1. The molecule has 1 fully saturated rings. The van der Waals surface area contributed by atoms with Gasteiger partial charge < -0.3 is 4.74 Å². The normalized spacial score (nSPS) is 36.9. The molecule has 0 amide bonds.